The summed E-state index contributed by atoms with van der Waals surface area (Å²) in [4.78, 5) is 0.636. The Morgan fingerprint density at radius 3 is 1.90 bits per heavy atom. The minimum Gasteiger partial charge on any atom is -0.505 e. The van der Waals surface area contributed by atoms with Gasteiger partial charge in [-0.3, -0.25) is 0 Å². The van der Waals surface area contributed by atoms with Gasteiger partial charge in [-0.2, -0.15) is 0 Å². The van der Waals surface area contributed by atoms with E-state index >= 15 is 0 Å². The Morgan fingerprint density at radius 2 is 1.45 bits per heavy atom. The molecule has 0 bridgehead atoms. The van der Waals surface area contributed by atoms with Crippen molar-refractivity contribution >= 4 is 58.2 Å². The lowest BCUT2D eigenvalue weighted by molar-refractivity contribution is 0.394. The Bertz CT molecular complexity index is 450. The zero-order valence-electron chi connectivity index (χ0n) is 11.6. The first-order chi connectivity index (χ1) is 9.31. The molecular formula is C14H18Cl4OS. The zero-order chi connectivity index (χ0) is 15.4. The van der Waals surface area contributed by atoms with Crippen molar-refractivity contribution in [3.05, 3.63) is 20.1 Å². The smallest absolute Gasteiger partial charge is 0.155 e. The summed E-state index contributed by atoms with van der Waals surface area (Å²) in [6.45, 7) is 6.64. The average Bonchev–Trinajstić information content (AvgIpc) is 2.43. The SMILES string of the molecule is CCCC(C)C(C)CSc1c(Cl)c(Cl)c(O)c(Cl)c1Cl. The summed E-state index contributed by atoms with van der Waals surface area (Å²) >= 11 is 25.7. The van der Waals surface area contributed by atoms with Crippen LogP contribution in [-0.4, -0.2) is 10.9 Å². The fourth-order valence-electron chi connectivity index (χ4n) is 1.85. The minimum absolute atomic E-state index is 0.0535. The van der Waals surface area contributed by atoms with Gasteiger partial charge in [0, 0.05) is 10.6 Å². The fourth-order valence-corrected chi connectivity index (χ4v) is 4.34. The second-order valence-corrected chi connectivity index (χ2v) is 7.53. The van der Waals surface area contributed by atoms with E-state index in [0.717, 1.165) is 5.75 Å². The van der Waals surface area contributed by atoms with Gasteiger partial charge in [0.05, 0.1) is 10.0 Å². The molecule has 2 atom stereocenters. The number of thioether (sulfide) groups is 1. The van der Waals surface area contributed by atoms with Crippen LogP contribution in [-0.2, 0) is 0 Å². The number of hydrogen-bond acceptors (Lipinski definition) is 2. The molecule has 0 spiro atoms. The Balaban J connectivity index is 2.89. The van der Waals surface area contributed by atoms with Crippen molar-refractivity contribution in [3.8, 4) is 5.75 Å². The quantitative estimate of drug-likeness (QED) is 0.420. The number of hydrogen-bond donors (Lipinski definition) is 1. The molecule has 1 rings (SSSR count). The molecule has 2 unspecified atom stereocenters. The maximum absolute atomic E-state index is 9.69. The molecule has 1 aromatic rings. The van der Waals surface area contributed by atoms with Gasteiger partial charge < -0.3 is 5.11 Å². The summed E-state index contributed by atoms with van der Waals surface area (Å²) in [6.07, 6.45) is 2.37. The molecule has 0 aromatic heterocycles. The number of aromatic hydroxyl groups is 1. The van der Waals surface area contributed by atoms with Crippen LogP contribution in [0.4, 0.5) is 0 Å². The van der Waals surface area contributed by atoms with Crippen molar-refractivity contribution in [2.24, 2.45) is 11.8 Å². The van der Waals surface area contributed by atoms with Gasteiger partial charge >= 0.3 is 0 Å². The molecule has 0 saturated heterocycles. The molecular weight excluding hydrogens is 358 g/mol. The van der Waals surface area contributed by atoms with E-state index in [9.17, 15) is 5.11 Å². The number of halogens is 4. The van der Waals surface area contributed by atoms with Gasteiger partial charge in [0.15, 0.2) is 5.75 Å². The van der Waals surface area contributed by atoms with Gasteiger partial charge in [-0.1, -0.05) is 80.0 Å². The molecule has 1 nitrogen and oxygen atoms in total. The number of phenolic OH excluding ortho intramolecular Hbond substituents is 1. The highest BCUT2D eigenvalue weighted by Crippen LogP contribution is 2.49. The number of rotatable bonds is 6. The van der Waals surface area contributed by atoms with Crippen molar-refractivity contribution < 1.29 is 5.11 Å². The second kappa shape index (κ2) is 8.24. The topological polar surface area (TPSA) is 20.2 Å². The van der Waals surface area contributed by atoms with Crippen LogP contribution in [0.1, 0.15) is 33.6 Å². The van der Waals surface area contributed by atoms with Crippen LogP contribution in [0.3, 0.4) is 0 Å². The highest BCUT2D eigenvalue weighted by molar-refractivity contribution is 7.99. The van der Waals surface area contributed by atoms with Crippen molar-refractivity contribution in [2.75, 3.05) is 5.75 Å². The molecule has 1 aromatic carbocycles. The number of benzene rings is 1. The Morgan fingerprint density at radius 1 is 0.950 bits per heavy atom. The summed E-state index contributed by atoms with van der Waals surface area (Å²) in [5, 5.41) is 10.3. The van der Waals surface area contributed by atoms with Gasteiger partial charge in [0.1, 0.15) is 10.0 Å². The van der Waals surface area contributed by atoms with Crippen LogP contribution in [0.15, 0.2) is 4.90 Å². The molecule has 0 aliphatic heterocycles. The first-order valence-corrected chi connectivity index (χ1v) is 8.98. The molecule has 0 aliphatic rings. The van der Waals surface area contributed by atoms with Crippen LogP contribution in [0.25, 0.3) is 0 Å². The molecule has 0 saturated carbocycles. The van der Waals surface area contributed by atoms with E-state index < -0.39 is 0 Å². The van der Waals surface area contributed by atoms with Gasteiger partial charge in [-0.25, -0.2) is 0 Å². The zero-order valence-corrected chi connectivity index (χ0v) is 15.5. The largest absolute Gasteiger partial charge is 0.505 e. The van der Waals surface area contributed by atoms with Crippen LogP contribution in [0.2, 0.25) is 20.1 Å². The highest BCUT2D eigenvalue weighted by Gasteiger charge is 2.21. The van der Waals surface area contributed by atoms with E-state index in [4.69, 9.17) is 46.4 Å². The molecule has 0 heterocycles. The average molecular weight is 376 g/mol. The lowest BCUT2D eigenvalue weighted by atomic mass is 9.93. The van der Waals surface area contributed by atoms with Crippen molar-refractivity contribution in [3.63, 3.8) is 0 Å². The van der Waals surface area contributed by atoms with Crippen LogP contribution >= 0.6 is 58.2 Å². The van der Waals surface area contributed by atoms with Crippen LogP contribution in [0.5, 0.6) is 5.75 Å². The summed E-state index contributed by atoms with van der Waals surface area (Å²) in [5.74, 6) is 1.77. The van der Waals surface area contributed by atoms with E-state index in [1.807, 2.05) is 0 Å². The molecule has 20 heavy (non-hydrogen) atoms. The summed E-state index contributed by atoms with van der Waals surface area (Å²) in [6, 6.07) is 0. The first kappa shape index (κ1) is 18.6. The molecule has 0 amide bonds. The monoisotopic (exact) mass is 374 g/mol. The van der Waals surface area contributed by atoms with Gasteiger partial charge in [0.25, 0.3) is 0 Å². The van der Waals surface area contributed by atoms with Crippen molar-refractivity contribution in [2.45, 2.75) is 38.5 Å². The van der Waals surface area contributed by atoms with E-state index in [1.165, 1.54) is 24.6 Å². The van der Waals surface area contributed by atoms with Crippen molar-refractivity contribution in [1.29, 1.82) is 0 Å². The first-order valence-electron chi connectivity index (χ1n) is 6.48. The van der Waals surface area contributed by atoms with E-state index in [1.54, 1.807) is 0 Å². The third kappa shape index (κ3) is 4.27. The molecule has 114 valence electrons. The predicted octanol–water partition coefficient (Wildman–Crippen LogP) is 7.17. The summed E-state index contributed by atoms with van der Waals surface area (Å²) < 4.78 is 0. The second-order valence-electron chi connectivity index (χ2n) is 4.99. The van der Waals surface area contributed by atoms with E-state index in [0.29, 0.717) is 16.7 Å². The Labute approximate surface area is 144 Å². The van der Waals surface area contributed by atoms with Gasteiger partial charge in [-0.05, 0) is 11.8 Å². The number of phenols is 1. The minimum atomic E-state index is -0.264. The van der Waals surface area contributed by atoms with E-state index in [2.05, 4.69) is 20.8 Å². The molecule has 0 radical (unpaired) electrons. The van der Waals surface area contributed by atoms with Gasteiger partial charge in [-0.15, -0.1) is 11.8 Å². The Kier molecular flexibility index (Phi) is 7.65. The van der Waals surface area contributed by atoms with Crippen LogP contribution in [0, 0.1) is 11.8 Å². The van der Waals surface area contributed by atoms with Crippen molar-refractivity contribution in [1.82, 2.24) is 0 Å². The highest BCUT2D eigenvalue weighted by atomic mass is 35.5. The fraction of sp³-hybridized carbons (Fsp3) is 0.571. The standard InChI is InChI=1S/C14H18Cl4OS/c1-4-5-7(2)8(3)6-20-14-11(17)9(15)13(19)10(16)12(14)18/h7-8,19H,4-6H2,1-3H3. The predicted molar refractivity (Wildman–Crippen MR) is 92.1 cm³/mol. The van der Waals surface area contributed by atoms with E-state index in [-0.39, 0.29) is 25.8 Å². The lowest BCUT2D eigenvalue weighted by Gasteiger charge is -2.20. The maximum Gasteiger partial charge on any atom is 0.155 e. The molecule has 6 heteroatoms. The molecule has 0 fully saturated rings. The van der Waals surface area contributed by atoms with Crippen LogP contribution < -0.4 is 0 Å². The third-order valence-electron chi connectivity index (χ3n) is 3.41. The van der Waals surface area contributed by atoms with Gasteiger partial charge in [0.2, 0.25) is 0 Å². The third-order valence-corrected chi connectivity index (χ3v) is 6.70. The normalized spacial score (nSPS) is 14.3. The summed E-state index contributed by atoms with van der Waals surface area (Å²) in [7, 11) is 0. The lowest BCUT2D eigenvalue weighted by Crippen LogP contribution is -2.10. The maximum atomic E-state index is 9.69. The Hall–Kier alpha value is 0.530. The summed E-state index contributed by atoms with van der Waals surface area (Å²) in [5.41, 5.74) is 0. The molecule has 1 N–H and O–H groups in total. The molecule has 0 aliphatic carbocycles.